The number of rotatable bonds is 6. The van der Waals surface area contributed by atoms with Crippen LogP contribution in [0.3, 0.4) is 0 Å². The molecule has 1 amide bonds. The van der Waals surface area contributed by atoms with Gasteiger partial charge >= 0.3 is 0 Å². The number of hydrogen-bond acceptors (Lipinski definition) is 4. The van der Waals surface area contributed by atoms with Gasteiger partial charge in [-0.05, 0) is 38.1 Å². The number of pyridine rings is 1. The molecule has 2 N–H and O–H groups in total. The van der Waals surface area contributed by atoms with Crippen molar-refractivity contribution < 1.29 is 14.3 Å². The number of aromatic nitrogens is 1. The van der Waals surface area contributed by atoms with Crippen LogP contribution in [0.25, 0.3) is 11.1 Å². The van der Waals surface area contributed by atoms with E-state index in [1.165, 1.54) is 6.07 Å². The molecule has 0 unspecified atom stereocenters. The SMILES string of the molecule is CCCN1[C@@H]2Cn3c(ccc(-c4ccccc4F)c3=O)[C@H]1[C@@H](C(=O)NCC)[C@@H]2CO. The number of carbonyl (C=O) groups excluding carboxylic acids is 1. The summed E-state index contributed by atoms with van der Waals surface area (Å²) in [7, 11) is 0. The molecule has 3 heterocycles. The van der Waals surface area contributed by atoms with Crippen LogP contribution in [0.4, 0.5) is 4.39 Å². The summed E-state index contributed by atoms with van der Waals surface area (Å²) in [6.45, 7) is 5.51. The quantitative estimate of drug-likeness (QED) is 0.761. The summed E-state index contributed by atoms with van der Waals surface area (Å²) in [6.07, 6.45) is 0.908. The zero-order valence-electron chi connectivity index (χ0n) is 17.3. The van der Waals surface area contributed by atoms with E-state index in [1.807, 2.05) is 13.0 Å². The Morgan fingerprint density at radius 2 is 1.97 bits per heavy atom. The summed E-state index contributed by atoms with van der Waals surface area (Å²) in [5.41, 5.74) is 1.10. The Kier molecular flexibility index (Phi) is 5.75. The van der Waals surface area contributed by atoms with E-state index in [0.717, 1.165) is 18.7 Å². The van der Waals surface area contributed by atoms with Crippen molar-refractivity contribution in [1.82, 2.24) is 14.8 Å². The number of fused-ring (bicyclic) bond motifs is 4. The maximum atomic E-state index is 14.3. The summed E-state index contributed by atoms with van der Waals surface area (Å²) in [5, 5.41) is 13.1. The lowest BCUT2D eigenvalue weighted by atomic mass is 9.86. The van der Waals surface area contributed by atoms with Crippen LogP contribution in [0.1, 0.15) is 32.0 Å². The summed E-state index contributed by atoms with van der Waals surface area (Å²) >= 11 is 0. The number of amides is 1. The standard InChI is InChI=1S/C23H28FN3O3/c1-3-11-26-19-12-27-18(21(26)20(16(19)13-28)22(29)25-4-2)10-9-15(23(27)30)14-7-5-6-8-17(14)24/h5-10,16,19-21,28H,3-4,11-13H2,1-2H3,(H,25,29)/t16-,19-,20+,21+/m1/s1. The molecule has 6 nitrogen and oxygen atoms in total. The van der Waals surface area contributed by atoms with E-state index in [0.29, 0.717) is 18.7 Å². The lowest BCUT2D eigenvalue weighted by molar-refractivity contribution is -0.127. The topological polar surface area (TPSA) is 74.6 Å². The second-order valence-electron chi connectivity index (χ2n) is 8.08. The summed E-state index contributed by atoms with van der Waals surface area (Å²) in [4.78, 5) is 28.6. The highest BCUT2D eigenvalue weighted by molar-refractivity contribution is 5.80. The lowest BCUT2D eigenvalue weighted by Gasteiger charge is -2.38. The van der Waals surface area contributed by atoms with Gasteiger partial charge in [0.1, 0.15) is 5.82 Å². The number of aliphatic hydroxyl groups is 1. The van der Waals surface area contributed by atoms with Crippen LogP contribution in [-0.4, -0.2) is 46.2 Å². The minimum atomic E-state index is -0.435. The monoisotopic (exact) mass is 413 g/mol. The molecule has 1 aromatic heterocycles. The normalized spacial score (nSPS) is 25.2. The number of nitrogens with one attached hydrogen (secondary N) is 1. The smallest absolute Gasteiger partial charge is 0.258 e. The maximum Gasteiger partial charge on any atom is 0.258 e. The second-order valence-corrected chi connectivity index (χ2v) is 8.08. The fraction of sp³-hybridized carbons (Fsp3) is 0.478. The summed E-state index contributed by atoms with van der Waals surface area (Å²) < 4.78 is 16.0. The molecule has 2 aliphatic heterocycles. The van der Waals surface area contributed by atoms with E-state index in [4.69, 9.17) is 0 Å². The fourth-order valence-corrected chi connectivity index (χ4v) is 5.27. The van der Waals surface area contributed by atoms with Crippen molar-refractivity contribution in [3.05, 3.63) is 58.3 Å². The van der Waals surface area contributed by atoms with Crippen molar-refractivity contribution >= 4 is 5.91 Å². The maximum absolute atomic E-state index is 14.3. The Balaban J connectivity index is 1.86. The first-order valence-corrected chi connectivity index (χ1v) is 10.7. The van der Waals surface area contributed by atoms with Gasteiger partial charge in [-0.2, -0.15) is 0 Å². The third kappa shape index (κ3) is 3.17. The van der Waals surface area contributed by atoms with E-state index < -0.39 is 11.7 Å². The van der Waals surface area contributed by atoms with Gasteiger partial charge in [-0.15, -0.1) is 0 Å². The third-order valence-electron chi connectivity index (χ3n) is 6.47. The summed E-state index contributed by atoms with van der Waals surface area (Å²) in [6, 6.07) is 9.37. The molecule has 160 valence electrons. The molecular weight excluding hydrogens is 385 g/mol. The lowest BCUT2D eigenvalue weighted by Crippen LogP contribution is -2.47. The first kappa shape index (κ1) is 20.8. The number of halogens is 1. The minimum absolute atomic E-state index is 0.0933. The zero-order chi connectivity index (χ0) is 21.4. The third-order valence-corrected chi connectivity index (χ3v) is 6.47. The average Bonchev–Trinajstić information content (AvgIpc) is 2.94. The van der Waals surface area contributed by atoms with E-state index in [1.54, 1.807) is 28.8 Å². The van der Waals surface area contributed by atoms with Gasteiger partial charge in [-0.1, -0.05) is 25.1 Å². The van der Waals surface area contributed by atoms with Crippen LogP contribution in [0.2, 0.25) is 0 Å². The van der Waals surface area contributed by atoms with Crippen molar-refractivity contribution in [3.8, 4) is 11.1 Å². The predicted molar refractivity (Wildman–Crippen MR) is 112 cm³/mol. The second kappa shape index (κ2) is 8.32. The van der Waals surface area contributed by atoms with E-state index in [9.17, 15) is 19.1 Å². The van der Waals surface area contributed by atoms with Crippen molar-refractivity contribution in [3.63, 3.8) is 0 Å². The highest BCUT2D eigenvalue weighted by Crippen LogP contribution is 2.48. The molecule has 7 heteroatoms. The van der Waals surface area contributed by atoms with Gasteiger partial charge in [0.15, 0.2) is 0 Å². The van der Waals surface area contributed by atoms with Crippen LogP contribution in [0, 0.1) is 17.7 Å². The Morgan fingerprint density at radius 1 is 1.20 bits per heavy atom. The number of benzene rings is 1. The molecule has 1 aromatic carbocycles. The Morgan fingerprint density at radius 3 is 2.63 bits per heavy atom. The molecule has 4 rings (SSSR count). The molecule has 0 saturated carbocycles. The average molecular weight is 413 g/mol. The van der Waals surface area contributed by atoms with Crippen LogP contribution < -0.4 is 10.9 Å². The number of hydrogen-bond donors (Lipinski definition) is 2. The summed E-state index contributed by atoms with van der Waals surface area (Å²) in [5.74, 6) is -1.22. The largest absolute Gasteiger partial charge is 0.396 e. The van der Waals surface area contributed by atoms with Crippen LogP contribution >= 0.6 is 0 Å². The predicted octanol–water partition coefficient (Wildman–Crippen LogP) is 2.16. The highest BCUT2D eigenvalue weighted by Gasteiger charge is 2.55. The van der Waals surface area contributed by atoms with Gasteiger partial charge in [0.2, 0.25) is 5.91 Å². The molecular formula is C23H28FN3O3. The molecule has 0 aliphatic carbocycles. The van der Waals surface area contributed by atoms with Crippen molar-refractivity contribution in [2.24, 2.45) is 11.8 Å². The van der Waals surface area contributed by atoms with Crippen LogP contribution in [-0.2, 0) is 11.3 Å². The molecule has 2 aromatic rings. The van der Waals surface area contributed by atoms with Crippen molar-refractivity contribution in [2.45, 2.75) is 38.9 Å². The van der Waals surface area contributed by atoms with Crippen LogP contribution in [0.5, 0.6) is 0 Å². The van der Waals surface area contributed by atoms with Crippen molar-refractivity contribution in [1.29, 1.82) is 0 Å². The number of carbonyl (C=O) groups is 1. The Hall–Kier alpha value is -2.51. The highest BCUT2D eigenvalue weighted by atomic mass is 19.1. The molecule has 4 atom stereocenters. The fourth-order valence-electron chi connectivity index (χ4n) is 5.27. The van der Waals surface area contributed by atoms with Gasteiger partial charge in [-0.25, -0.2) is 4.39 Å². The van der Waals surface area contributed by atoms with Gasteiger partial charge in [-0.3, -0.25) is 14.5 Å². The minimum Gasteiger partial charge on any atom is -0.396 e. The van der Waals surface area contributed by atoms with Gasteiger partial charge in [0.05, 0.1) is 17.5 Å². The van der Waals surface area contributed by atoms with E-state index >= 15 is 0 Å². The van der Waals surface area contributed by atoms with E-state index in [-0.39, 0.29) is 41.6 Å². The molecule has 0 radical (unpaired) electrons. The van der Waals surface area contributed by atoms with Crippen LogP contribution in [0.15, 0.2) is 41.2 Å². The first-order chi connectivity index (χ1) is 14.5. The zero-order valence-corrected chi connectivity index (χ0v) is 17.3. The molecule has 1 saturated heterocycles. The number of nitrogens with zero attached hydrogens (tertiary/aromatic N) is 2. The Bertz CT molecular complexity index is 1010. The first-order valence-electron chi connectivity index (χ1n) is 10.7. The van der Waals surface area contributed by atoms with Gasteiger partial charge in [0.25, 0.3) is 5.56 Å². The van der Waals surface area contributed by atoms with Gasteiger partial charge in [0, 0.05) is 42.9 Å². The molecule has 1 fully saturated rings. The molecule has 30 heavy (non-hydrogen) atoms. The van der Waals surface area contributed by atoms with Crippen molar-refractivity contribution in [2.75, 3.05) is 19.7 Å². The molecule has 2 bridgehead atoms. The molecule has 2 aliphatic rings. The number of aliphatic hydroxyl groups excluding tert-OH is 1. The van der Waals surface area contributed by atoms with Gasteiger partial charge < -0.3 is 15.0 Å². The van der Waals surface area contributed by atoms with E-state index in [2.05, 4.69) is 17.1 Å². The Labute approximate surface area is 175 Å². The molecule has 0 spiro atoms.